The molecule has 0 aromatic rings. The van der Waals surface area contributed by atoms with Gasteiger partial charge in [0.15, 0.2) is 0 Å². The third kappa shape index (κ3) is 15.1. The summed E-state index contributed by atoms with van der Waals surface area (Å²) in [6, 6.07) is 0. The summed E-state index contributed by atoms with van der Waals surface area (Å²) >= 11 is 0. The number of carbonyl (C=O) groups is 1. The van der Waals surface area contributed by atoms with Crippen LogP contribution in [0.5, 0.6) is 0 Å². The Kier molecular flexibility index (Phi) is 9.40. The molecule has 0 aliphatic rings. The van der Waals surface area contributed by atoms with Gasteiger partial charge in [0.05, 0.1) is 0 Å². The summed E-state index contributed by atoms with van der Waals surface area (Å²) < 4.78 is 0. The van der Waals surface area contributed by atoms with Gasteiger partial charge in [0, 0.05) is 32.6 Å². The summed E-state index contributed by atoms with van der Waals surface area (Å²) in [6.45, 7) is 6.64. The van der Waals surface area contributed by atoms with Gasteiger partial charge in [0.1, 0.15) is 0 Å². The molecule has 0 saturated carbocycles. The van der Waals surface area contributed by atoms with Crippen LogP contribution in [0.4, 0.5) is 0 Å². The largest absolute Gasteiger partial charge is 0.481 e. The molecule has 0 aromatic carbocycles. The molecule has 0 spiro atoms. The van der Waals surface area contributed by atoms with Crippen LogP contribution in [-0.2, 0) is 4.79 Å². The van der Waals surface area contributed by atoms with E-state index in [0.29, 0.717) is 11.8 Å². The van der Waals surface area contributed by atoms with E-state index in [0.717, 1.165) is 19.3 Å². The van der Waals surface area contributed by atoms with Crippen LogP contribution < -0.4 is 0 Å². The Labute approximate surface area is 100 Å². The molecule has 0 aromatic heterocycles. The number of hydrogen-bond acceptors (Lipinski definition) is 1. The molecule has 2 nitrogen and oxygen atoms in total. The second kappa shape index (κ2) is 7.73. The van der Waals surface area contributed by atoms with Gasteiger partial charge in [-0.3, -0.25) is 4.79 Å². The van der Waals surface area contributed by atoms with Crippen molar-refractivity contribution < 1.29 is 9.90 Å². The molecule has 0 atom stereocenters. The van der Waals surface area contributed by atoms with E-state index in [4.69, 9.17) is 5.11 Å². The molecule has 0 aliphatic carbocycles. The van der Waals surface area contributed by atoms with Gasteiger partial charge in [0.25, 0.3) is 0 Å². The van der Waals surface area contributed by atoms with Gasteiger partial charge in [-0.05, 0) is 18.3 Å². The van der Waals surface area contributed by atoms with Crippen LogP contribution in [0.3, 0.4) is 0 Å². The second-order valence-electron chi connectivity index (χ2n) is 4.52. The van der Waals surface area contributed by atoms with E-state index in [-0.39, 0.29) is 26.2 Å². The molecule has 0 saturated heterocycles. The van der Waals surface area contributed by atoms with E-state index in [9.17, 15) is 4.79 Å². The zero-order valence-corrected chi connectivity index (χ0v) is 12.3. The molecule has 0 amide bonds. The average Bonchev–Trinajstić information content (AvgIpc) is 1.83. The zero-order valence-electron chi connectivity index (χ0n) is 8.84. The monoisotopic (exact) mass is 381 g/mol. The van der Waals surface area contributed by atoms with Gasteiger partial charge < -0.3 is 5.11 Å². The normalized spacial score (nSPS) is 10.7. The van der Waals surface area contributed by atoms with Gasteiger partial charge in [-0.25, -0.2) is 0 Å². The van der Waals surface area contributed by atoms with Gasteiger partial charge in [0.2, 0.25) is 0 Å². The molecule has 1 N–H and O–H groups in total. The first-order chi connectivity index (χ1) is 5.42. The Morgan fingerprint density at radius 3 is 2.08 bits per heavy atom. The Morgan fingerprint density at radius 2 is 1.69 bits per heavy atom. The smallest absolute Gasteiger partial charge is 0.303 e. The van der Waals surface area contributed by atoms with E-state index in [1.807, 2.05) is 0 Å². The molecular weight excluding hydrogens is 361 g/mol. The SMILES string of the molecule is CC(C)(C)CCCCCC(=O)O.[Bi]. The maximum Gasteiger partial charge on any atom is 0.303 e. The standard InChI is InChI=1S/C10H20O2.Bi/c1-10(2,3)8-6-4-5-7-9(11)12;/h4-8H2,1-3H3,(H,11,12);. The van der Waals surface area contributed by atoms with Crippen LogP contribution in [0.1, 0.15) is 52.9 Å². The summed E-state index contributed by atoms with van der Waals surface area (Å²) in [5, 5.41) is 8.37. The van der Waals surface area contributed by atoms with Crippen LogP contribution in [0.2, 0.25) is 0 Å². The Balaban J connectivity index is 0. The topological polar surface area (TPSA) is 37.3 Å². The fraction of sp³-hybridized carbons (Fsp3) is 0.900. The minimum atomic E-state index is -0.675. The Morgan fingerprint density at radius 1 is 1.15 bits per heavy atom. The second-order valence-corrected chi connectivity index (χ2v) is 4.52. The first-order valence-electron chi connectivity index (χ1n) is 4.63. The first kappa shape index (κ1) is 15.8. The van der Waals surface area contributed by atoms with Crippen molar-refractivity contribution in [2.45, 2.75) is 52.9 Å². The van der Waals surface area contributed by atoms with Gasteiger partial charge >= 0.3 is 5.97 Å². The average molecular weight is 381 g/mol. The molecule has 77 valence electrons. The number of unbranched alkanes of at least 4 members (excludes halogenated alkanes) is 2. The number of carboxylic acids is 1. The number of carboxylic acid groups (broad SMARTS) is 1. The van der Waals surface area contributed by atoms with E-state index >= 15 is 0 Å². The fourth-order valence-corrected chi connectivity index (χ4v) is 1.11. The molecule has 0 unspecified atom stereocenters. The number of rotatable bonds is 5. The predicted octanol–water partition coefficient (Wildman–Crippen LogP) is 2.69. The van der Waals surface area contributed by atoms with Gasteiger partial charge in [-0.2, -0.15) is 0 Å². The van der Waals surface area contributed by atoms with Crippen molar-refractivity contribution >= 4 is 32.2 Å². The van der Waals surface area contributed by atoms with E-state index in [1.54, 1.807) is 0 Å². The number of hydrogen-bond donors (Lipinski definition) is 1. The van der Waals surface area contributed by atoms with Crippen molar-refractivity contribution in [3.05, 3.63) is 0 Å². The summed E-state index contributed by atoms with van der Waals surface area (Å²) in [5.41, 5.74) is 0.392. The molecule has 0 heterocycles. The Bertz CT molecular complexity index is 138. The van der Waals surface area contributed by atoms with Crippen LogP contribution in [0.15, 0.2) is 0 Å². The summed E-state index contributed by atoms with van der Waals surface area (Å²) in [6.07, 6.45) is 4.53. The molecule has 3 radical (unpaired) electrons. The van der Waals surface area contributed by atoms with Crippen molar-refractivity contribution in [2.24, 2.45) is 5.41 Å². The van der Waals surface area contributed by atoms with Crippen molar-refractivity contribution in [1.82, 2.24) is 0 Å². The Hall–Kier alpha value is 0.353. The zero-order chi connectivity index (χ0) is 9.61. The minimum absolute atomic E-state index is 0. The molecule has 0 bridgehead atoms. The molecule has 3 heteroatoms. The summed E-state index contributed by atoms with van der Waals surface area (Å²) in [4.78, 5) is 10.2. The van der Waals surface area contributed by atoms with Crippen LogP contribution in [-0.4, -0.2) is 37.3 Å². The molecule has 13 heavy (non-hydrogen) atoms. The van der Waals surface area contributed by atoms with Crippen LogP contribution in [0, 0.1) is 5.41 Å². The third-order valence-corrected chi connectivity index (χ3v) is 1.82. The van der Waals surface area contributed by atoms with E-state index in [2.05, 4.69) is 20.8 Å². The maximum absolute atomic E-state index is 10.2. The summed E-state index contributed by atoms with van der Waals surface area (Å²) in [7, 11) is 0. The number of aliphatic carboxylic acids is 1. The molecule has 0 rings (SSSR count). The minimum Gasteiger partial charge on any atom is -0.481 e. The van der Waals surface area contributed by atoms with Crippen molar-refractivity contribution in [3.63, 3.8) is 0 Å². The van der Waals surface area contributed by atoms with Gasteiger partial charge in [-0.1, -0.05) is 33.6 Å². The maximum atomic E-state index is 10.2. The van der Waals surface area contributed by atoms with Crippen molar-refractivity contribution in [3.8, 4) is 0 Å². The van der Waals surface area contributed by atoms with Crippen molar-refractivity contribution in [1.29, 1.82) is 0 Å². The van der Waals surface area contributed by atoms with E-state index < -0.39 is 5.97 Å². The van der Waals surface area contributed by atoms with Gasteiger partial charge in [-0.15, -0.1) is 0 Å². The fourth-order valence-electron chi connectivity index (χ4n) is 1.11. The van der Waals surface area contributed by atoms with Crippen LogP contribution in [0.25, 0.3) is 0 Å². The quantitative estimate of drug-likeness (QED) is 0.588. The molecule has 0 fully saturated rings. The predicted molar refractivity (Wildman–Crippen MR) is 55.9 cm³/mol. The molecular formula is C10H20BiO2. The van der Waals surface area contributed by atoms with E-state index in [1.165, 1.54) is 6.42 Å². The summed E-state index contributed by atoms with van der Waals surface area (Å²) in [5.74, 6) is -0.675. The first-order valence-corrected chi connectivity index (χ1v) is 4.63. The van der Waals surface area contributed by atoms with Crippen LogP contribution >= 0.6 is 0 Å². The third-order valence-electron chi connectivity index (χ3n) is 1.82. The molecule has 0 aliphatic heterocycles. The van der Waals surface area contributed by atoms with Crippen molar-refractivity contribution in [2.75, 3.05) is 0 Å².